The number of aryl methyl sites for hydroxylation is 1. The van der Waals surface area contributed by atoms with Gasteiger partial charge < -0.3 is 24.5 Å². The molecule has 3 aromatic rings. The molecule has 41 heavy (non-hydrogen) atoms. The first kappa shape index (κ1) is 29.0. The van der Waals surface area contributed by atoms with Crippen LogP contribution in [0.5, 0.6) is 0 Å². The molecule has 220 valence electrons. The van der Waals surface area contributed by atoms with Crippen molar-refractivity contribution in [1.82, 2.24) is 19.8 Å². The molecule has 0 saturated carbocycles. The molecule has 0 spiro atoms. The van der Waals surface area contributed by atoms with Gasteiger partial charge in [0.2, 0.25) is 0 Å². The van der Waals surface area contributed by atoms with Gasteiger partial charge in [0.1, 0.15) is 16.8 Å². The normalized spacial score (nSPS) is 18.0. The van der Waals surface area contributed by atoms with E-state index in [0.717, 1.165) is 33.2 Å². The highest BCUT2D eigenvalue weighted by Crippen LogP contribution is 2.38. The van der Waals surface area contributed by atoms with Crippen LogP contribution in [0.25, 0.3) is 22.2 Å². The van der Waals surface area contributed by atoms with Crippen LogP contribution >= 0.6 is 0 Å². The number of benzene rings is 1. The van der Waals surface area contributed by atoms with Crippen LogP contribution in [0.3, 0.4) is 0 Å². The number of rotatable bonds is 4. The Kier molecular flexibility index (Phi) is 7.59. The van der Waals surface area contributed by atoms with Crippen LogP contribution in [0.1, 0.15) is 69.8 Å². The number of H-pyrrole nitrogens is 1. The van der Waals surface area contributed by atoms with Crippen molar-refractivity contribution in [2.75, 3.05) is 26.3 Å². The second kappa shape index (κ2) is 10.7. The number of aromatic nitrogens is 2. The summed E-state index contributed by atoms with van der Waals surface area (Å²) in [5, 5.41) is 11.2. The Morgan fingerprint density at radius 2 is 1.93 bits per heavy atom. The van der Waals surface area contributed by atoms with E-state index in [0.29, 0.717) is 50.3 Å². The standard InChI is InChI=1S/C31H39FN4O5/c1-7-21-23-14-20(15-33-27(23)34-26(21)32)19-12-18-8-9-35(28(37)31(5,6)39)16-24(18)22(13-19)25-17-40-11-10-36(25)29(38)41-30(2,3)4/h12-15,25,39H,7-11,16-17H2,1-6H3,(H,33,34). The quantitative estimate of drug-likeness (QED) is 0.465. The van der Waals surface area contributed by atoms with Crippen molar-refractivity contribution in [1.29, 1.82) is 0 Å². The molecule has 4 heterocycles. The third kappa shape index (κ3) is 5.81. The predicted molar refractivity (Wildman–Crippen MR) is 153 cm³/mol. The fourth-order valence-electron chi connectivity index (χ4n) is 5.72. The summed E-state index contributed by atoms with van der Waals surface area (Å²) in [6, 6.07) is 5.61. The van der Waals surface area contributed by atoms with Gasteiger partial charge in [-0.1, -0.05) is 13.0 Å². The number of carbonyl (C=O) groups is 2. The summed E-state index contributed by atoms with van der Waals surface area (Å²) >= 11 is 0. The first-order valence-corrected chi connectivity index (χ1v) is 14.2. The second-order valence-electron chi connectivity index (χ2n) is 12.4. The molecular formula is C31H39FN4O5. The Balaban J connectivity index is 1.63. The van der Waals surface area contributed by atoms with E-state index >= 15 is 0 Å². The first-order valence-electron chi connectivity index (χ1n) is 14.2. The molecule has 2 N–H and O–H groups in total. The van der Waals surface area contributed by atoms with E-state index < -0.39 is 23.3 Å². The molecule has 2 aliphatic rings. The first-order chi connectivity index (χ1) is 19.3. The number of fused-ring (bicyclic) bond motifs is 2. The number of aromatic amines is 1. The number of aliphatic hydroxyl groups is 1. The zero-order valence-electron chi connectivity index (χ0n) is 24.6. The third-order valence-electron chi connectivity index (χ3n) is 7.70. The van der Waals surface area contributed by atoms with Crippen molar-refractivity contribution in [3.05, 3.63) is 52.6 Å². The number of hydrogen-bond acceptors (Lipinski definition) is 6. The van der Waals surface area contributed by atoms with Crippen molar-refractivity contribution in [2.24, 2.45) is 0 Å². The lowest BCUT2D eigenvalue weighted by Gasteiger charge is -2.40. The third-order valence-corrected chi connectivity index (χ3v) is 7.70. The molecule has 1 saturated heterocycles. The van der Waals surface area contributed by atoms with E-state index in [9.17, 15) is 19.1 Å². The number of halogens is 1. The van der Waals surface area contributed by atoms with Crippen LogP contribution in [0.15, 0.2) is 24.4 Å². The van der Waals surface area contributed by atoms with Gasteiger partial charge in [0.25, 0.3) is 5.91 Å². The van der Waals surface area contributed by atoms with Gasteiger partial charge in [0.15, 0.2) is 5.95 Å². The highest BCUT2D eigenvalue weighted by atomic mass is 19.1. The highest BCUT2D eigenvalue weighted by Gasteiger charge is 2.37. The second-order valence-corrected chi connectivity index (χ2v) is 12.4. The van der Waals surface area contributed by atoms with Crippen LogP contribution in [-0.2, 0) is 33.7 Å². The summed E-state index contributed by atoms with van der Waals surface area (Å²) in [7, 11) is 0. The van der Waals surface area contributed by atoms with Crippen molar-refractivity contribution in [2.45, 2.75) is 78.2 Å². The molecular weight excluding hydrogens is 527 g/mol. The molecule has 0 radical (unpaired) electrons. The maximum atomic E-state index is 14.5. The molecule has 2 amide bonds. The largest absolute Gasteiger partial charge is 0.444 e. The monoisotopic (exact) mass is 566 g/mol. The van der Waals surface area contributed by atoms with Gasteiger partial charge in [-0.25, -0.2) is 9.78 Å². The van der Waals surface area contributed by atoms with Crippen molar-refractivity contribution < 1.29 is 28.6 Å². The Bertz CT molecular complexity index is 1490. The van der Waals surface area contributed by atoms with Crippen LogP contribution in [0.2, 0.25) is 0 Å². The Morgan fingerprint density at radius 3 is 2.61 bits per heavy atom. The molecule has 9 nitrogen and oxygen atoms in total. The van der Waals surface area contributed by atoms with Gasteiger partial charge in [-0.2, -0.15) is 4.39 Å². The van der Waals surface area contributed by atoms with E-state index in [2.05, 4.69) is 16.0 Å². The number of carbonyl (C=O) groups excluding carboxylic acids is 2. The molecule has 0 aliphatic carbocycles. The fourth-order valence-corrected chi connectivity index (χ4v) is 5.72. The van der Waals surface area contributed by atoms with Crippen LogP contribution in [0, 0.1) is 5.95 Å². The van der Waals surface area contributed by atoms with Crippen molar-refractivity contribution >= 4 is 23.0 Å². The van der Waals surface area contributed by atoms with E-state index in [-0.39, 0.29) is 18.5 Å². The SMILES string of the molecule is CCc1c(F)[nH]c2ncc(-c3cc4c(c(C5COCCN5C(=O)OC(C)(C)C)c3)CN(C(=O)C(C)(C)O)CC4)cc12. The van der Waals surface area contributed by atoms with E-state index in [4.69, 9.17) is 9.47 Å². The zero-order chi connectivity index (χ0) is 29.7. The molecule has 1 unspecified atom stereocenters. The number of hydrogen-bond donors (Lipinski definition) is 2. The molecule has 2 aromatic heterocycles. The molecule has 1 fully saturated rings. The lowest BCUT2D eigenvalue weighted by molar-refractivity contribution is -0.148. The van der Waals surface area contributed by atoms with Gasteiger partial charge >= 0.3 is 6.09 Å². The van der Waals surface area contributed by atoms with Gasteiger partial charge in [-0.3, -0.25) is 9.69 Å². The minimum Gasteiger partial charge on any atom is -0.444 e. The zero-order valence-corrected chi connectivity index (χ0v) is 24.6. The summed E-state index contributed by atoms with van der Waals surface area (Å²) in [5.74, 6) is -0.722. The van der Waals surface area contributed by atoms with Gasteiger partial charge in [0.05, 0.1) is 19.3 Å². The summed E-state index contributed by atoms with van der Waals surface area (Å²) in [6.45, 7) is 12.2. The van der Waals surface area contributed by atoms with E-state index in [1.807, 2.05) is 39.8 Å². The topological polar surface area (TPSA) is 108 Å². The maximum Gasteiger partial charge on any atom is 0.410 e. The Labute approximate surface area is 239 Å². The summed E-state index contributed by atoms with van der Waals surface area (Å²) in [6.07, 6.45) is 2.40. The van der Waals surface area contributed by atoms with E-state index in [1.54, 1.807) is 16.0 Å². The van der Waals surface area contributed by atoms with Crippen LogP contribution in [0.4, 0.5) is 9.18 Å². The number of morpholine rings is 1. The fraction of sp³-hybridized carbons (Fsp3) is 0.516. The lowest BCUT2D eigenvalue weighted by atomic mass is 9.86. The number of amides is 2. The average Bonchev–Trinajstić information content (AvgIpc) is 3.24. The van der Waals surface area contributed by atoms with Gasteiger partial charge in [-0.15, -0.1) is 0 Å². The molecule has 0 bridgehead atoms. The lowest BCUT2D eigenvalue weighted by Crippen LogP contribution is -2.48. The molecule has 10 heteroatoms. The van der Waals surface area contributed by atoms with Crippen LogP contribution in [-0.4, -0.2) is 74.4 Å². The summed E-state index contributed by atoms with van der Waals surface area (Å²) in [4.78, 5) is 37.0. The Hall–Kier alpha value is -3.50. The average molecular weight is 567 g/mol. The minimum absolute atomic E-state index is 0.273. The van der Waals surface area contributed by atoms with Gasteiger partial charge in [-0.05, 0) is 81.8 Å². The smallest absolute Gasteiger partial charge is 0.410 e. The van der Waals surface area contributed by atoms with Crippen molar-refractivity contribution in [3.63, 3.8) is 0 Å². The Morgan fingerprint density at radius 1 is 1.17 bits per heavy atom. The highest BCUT2D eigenvalue weighted by molar-refractivity contribution is 5.86. The van der Waals surface area contributed by atoms with E-state index in [1.165, 1.54) is 13.8 Å². The summed E-state index contributed by atoms with van der Waals surface area (Å²) < 4.78 is 26.1. The number of nitrogens with zero attached hydrogens (tertiary/aromatic N) is 3. The molecule has 2 aliphatic heterocycles. The minimum atomic E-state index is -1.50. The number of nitrogens with one attached hydrogen (secondary N) is 1. The van der Waals surface area contributed by atoms with Gasteiger partial charge in [0, 0.05) is 42.3 Å². The predicted octanol–water partition coefficient (Wildman–Crippen LogP) is 4.90. The molecule has 1 aromatic carbocycles. The van der Waals surface area contributed by atoms with Crippen molar-refractivity contribution in [3.8, 4) is 11.1 Å². The number of ether oxygens (including phenoxy) is 2. The maximum absolute atomic E-state index is 14.5. The molecule has 5 rings (SSSR count). The molecule has 1 atom stereocenters. The van der Waals surface area contributed by atoms with Crippen LogP contribution < -0.4 is 0 Å². The number of pyridine rings is 1. The summed E-state index contributed by atoms with van der Waals surface area (Å²) in [5.41, 5.74) is 3.45.